The highest BCUT2D eigenvalue weighted by Crippen LogP contribution is 2.25. The molecule has 37 heavy (non-hydrogen) atoms. The number of hydrogen-bond acceptors (Lipinski definition) is 6. The van der Waals surface area contributed by atoms with E-state index in [0.29, 0.717) is 24.3 Å². The van der Waals surface area contributed by atoms with Gasteiger partial charge in [0, 0.05) is 59.9 Å². The molecule has 1 aliphatic rings. The zero-order valence-electron chi connectivity index (χ0n) is 21.5. The summed E-state index contributed by atoms with van der Waals surface area (Å²) in [5.41, 5.74) is 2.58. The zero-order chi connectivity index (χ0) is 25.8. The van der Waals surface area contributed by atoms with Gasteiger partial charge in [-0.3, -0.25) is 23.7 Å². The Morgan fingerprint density at radius 2 is 1.35 bits per heavy atom. The lowest BCUT2D eigenvalue weighted by Gasteiger charge is -2.35. The molecule has 3 heterocycles. The van der Waals surface area contributed by atoms with Gasteiger partial charge in [-0.25, -0.2) is 9.78 Å². The van der Waals surface area contributed by atoms with Gasteiger partial charge in [-0.15, -0.1) is 0 Å². The van der Waals surface area contributed by atoms with E-state index in [4.69, 9.17) is 4.74 Å². The molecule has 2 aromatic heterocycles. The minimum atomic E-state index is -0.360. The van der Waals surface area contributed by atoms with Crippen LogP contribution in [0.1, 0.15) is 17.2 Å². The van der Waals surface area contributed by atoms with Crippen LogP contribution < -0.4 is 11.2 Å². The van der Waals surface area contributed by atoms with E-state index >= 15 is 0 Å². The molecular weight excluding hydrogens is 468 g/mol. The Bertz CT molecular complexity index is 1400. The van der Waals surface area contributed by atoms with Crippen molar-refractivity contribution in [3.63, 3.8) is 0 Å². The number of ether oxygens (including phenoxy) is 1. The van der Waals surface area contributed by atoms with Gasteiger partial charge >= 0.3 is 5.69 Å². The fraction of sp³-hybridized carbons (Fsp3) is 0.393. The summed E-state index contributed by atoms with van der Waals surface area (Å²) in [6, 6.07) is 20.8. The second-order valence-electron chi connectivity index (χ2n) is 9.57. The van der Waals surface area contributed by atoms with Crippen molar-refractivity contribution < 1.29 is 4.74 Å². The molecule has 2 aromatic carbocycles. The van der Waals surface area contributed by atoms with Gasteiger partial charge in [0.2, 0.25) is 0 Å². The van der Waals surface area contributed by atoms with Gasteiger partial charge in [-0.2, -0.15) is 0 Å². The SMILES string of the molecule is Cn1c(=O)c2c(ncn2CCN2CCN(CCOC(c3ccccc3)c3ccccc3)CC2)n(C)c1=O. The number of nitrogens with zero attached hydrogens (tertiary/aromatic N) is 6. The Kier molecular flexibility index (Phi) is 7.64. The lowest BCUT2D eigenvalue weighted by molar-refractivity contribution is 0.0449. The van der Waals surface area contributed by atoms with Crippen molar-refractivity contribution in [2.24, 2.45) is 14.1 Å². The molecule has 0 saturated carbocycles. The standard InChI is InChI=1S/C28H34N6O3/c1-30-26-24(27(35)31(2)28(30)36)34(21-29-26)18-17-32-13-15-33(16-14-32)19-20-37-25(22-9-5-3-6-10-22)23-11-7-4-8-12-23/h3-12,21,25H,13-20H2,1-2H3. The van der Waals surface area contributed by atoms with Crippen LogP contribution in [0.25, 0.3) is 11.2 Å². The van der Waals surface area contributed by atoms with E-state index in [0.717, 1.165) is 43.8 Å². The molecule has 4 aromatic rings. The molecule has 0 radical (unpaired) electrons. The third kappa shape index (κ3) is 5.44. The van der Waals surface area contributed by atoms with Crippen molar-refractivity contribution in [1.82, 2.24) is 28.5 Å². The predicted octanol–water partition coefficient (Wildman–Crippen LogP) is 1.86. The van der Waals surface area contributed by atoms with Crippen molar-refractivity contribution >= 4 is 11.2 Å². The molecule has 0 spiro atoms. The second kappa shape index (κ2) is 11.2. The maximum atomic E-state index is 12.7. The molecule has 9 nitrogen and oxygen atoms in total. The van der Waals surface area contributed by atoms with E-state index in [1.54, 1.807) is 13.4 Å². The maximum absolute atomic E-state index is 12.7. The van der Waals surface area contributed by atoms with Crippen molar-refractivity contribution in [3.05, 3.63) is 99.0 Å². The predicted molar refractivity (Wildman–Crippen MR) is 144 cm³/mol. The molecule has 1 aliphatic heterocycles. The van der Waals surface area contributed by atoms with E-state index < -0.39 is 0 Å². The Morgan fingerprint density at radius 3 is 1.95 bits per heavy atom. The number of fused-ring (bicyclic) bond motifs is 1. The molecule has 0 amide bonds. The molecule has 194 valence electrons. The average molecular weight is 503 g/mol. The highest BCUT2D eigenvalue weighted by molar-refractivity contribution is 5.69. The van der Waals surface area contributed by atoms with Crippen LogP contribution >= 0.6 is 0 Å². The summed E-state index contributed by atoms with van der Waals surface area (Å²) in [4.78, 5) is 34.0. The van der Waals surface area contributed by atoms with Gasteiger partial charge in [0.15, 0.2) is 11.2 Å². The topological polar surface area (TPSA) is 77.5 Å². The molecule has 0 N–H and O–H groups in total. The molecule has 0 aliphatic carbocycles. The number of piperazine rings is 1. The smallest absolute Gasteiger partial charge is 0.332 e. The van der Waals surface area contributed by atoms with Gasteiger partial charge in [-0.05, 0) is 11.1 Å². The minimum absolute atomic E-state index is 0.0686. The summed E-state index contributed by atoms with van der Waals surface area (Å²) in [6.07, 6.45) is 1.59. The zero-order valence-corrected chi connectivity index (χ0v) is 21.5. The van der Waals surface area contributed by atoms with Gasteiger partial charge < -0.3 is 9.30 Å². The van der Waals surface area contributed by atoms with Crippen molar-refractivity contribution in [1.29, 1.82) is 0 Å². The summed E-state index contributed by atoms with van der Waals surface area (Å²) in [5.74, 6) is 0. The number of aromatic nitrogens is 4. The van der Waals surface area contributed by atoms with Crippen LogP contribution in [0.15, 0.2) is 76.6 Å². The quantitative estimate of drug-likeness (QED) is 0.348. The van der Waals surface area contributed by atoms with Crippen LogP contribution in [0.3, 0.4) is 0 Å². The van der Waals surface area contributed by atoms with E-state index in [9.17, 15) is 9.59 Å². The van der Waals surface area contributed by atoms with Crippen molar-refractivity contribution in [2.75, 3.05) is 45.9 Å². The number of hydrogen-bond donors (Lipinski definition) is 0. The van der Waals surface area contributed by atoms with Crippen LogP contribution in [-0.4, -0.2) is 74.4 Å². The number of rotatable bonds is 9. The highest BCUT2D eigenvalue weighted by atomic mass is 16.5. The third-order valence-corrected chi connectivity index (χ3v) is 7.24. The fourth-order valence-corrected chi connectivity index (χ4v) is 4.99. The average Bonchev–Trinajstić information content (AvgIpc) is 3.38. The summed E-state index contributed by atoms with van der Waals surface area (Å²) < 4.78 is 10.8. The summed E-state index contributed by atoms with van der Waals surface area (Å²) in [5, 5.41) is 0. The Labute approximate surface area is 216 Å². The number of imidazole rings is 1. The molecular formula is C28H34N6O3. The van der Waals surface area contributed by atoms with E-state index in [-0.39, 0.29) is 17.4 Å². The van der Waals surface area contributed by atoms with Crippen molar-refractivity contribution in [2.45, 2.75) is 12.6 Å². The van der Waals surface area contributed by atoms with E-state index in [2.05, 4.69) is 63.3 Å². The first-order chi connectivity index (χ1) is 18.0. The number of aryl methyl sites for hydroxylation is 1. The van der Waals surface area contributed by atoms with Gasteiger partial charge in [0.1, 0.15) is 6.10 Å². The Morgan fingerprint density at radius 1 is 0.784 bits per heavy atom. The molecule has 1 fully saturated rings. The molecule has 1 saturated heterocycles. The lowest BCUT2D eigenvalue weighted by atomic mass is 10.0. The molecule has 5 rings (SSSR count). The Balaban J connectivity index is 1.13. The van der Waals surface area contributed by atoms with Crippen LogP contribution in [0.2, 0.25) is 0 Å². The normalized spacial score (nSPS) is 15.1. The molecule has 0 bridgehead atoms. The van der Waals surface area contributed by atoms with E-state index in [1.807, 2.05) is 16.7 Å². The molecule has 9 heteroatoms. The van der Waals surface area contributed by atoms with Crippen LogP contribution in [0, 0.1) is 0 Å². The second-order valence-corrected chi connectivity index (χ2v) is 9.57. The molecule has 0 unspecified atom stereocenters. The summed E-state index contributed by atoms with van der Waals surface area (Å²) >= 11 is 0. The summed E-state index contributed by atoms with van der Waals surface area (Å²) in [6.45, 7) is 6.91. The van der Waals surface area contributed by atoms with E-state index in [1.165, 1.54) is 22.7 Å². The van der Waals surface area contributed by atoms with Crippen molar-refractivity contribution in [3.8, 4) is 0 Å². The van der Waals surface area contributed by atoms with Gasteiger partial charge in [0.05, 0.1) is 12.9 Å². The minimum Gasteiger partial charge on any atom is -0.367 e. The first-order valence-corrected chi connectivity index (χ1v) is 12.8. The molecule has 0 atom stereocenters. The lowest BCUT2D eigenvalue weighted by Crippen LogP contribution is -2.48. The van der Waals surface area contributed by atoms with Gasteiger partial charge in [0.25, 0.3) is 5.56 Å². The monoisotopic (exact) mass is 502 g/mol. The van der Waals surface area contributed by atoms with Crippen LogP contribution in [0.5, 0.6) is 0 Å². The third-order valence-electron chi connectivity index (χ3n) is 7.24. The fourth-order valence-electron chi connectivity index (χ4n) is 4.99. The maximum Gasteiger partial charge on any atom is 0.332 e. The largest absolute Gasteiger partial charge is 0.367 e. The van der Waals surface area contributed by atoms with Crippen LogP contribution in [0.4, 0.5) is 0 Å². The van der Waals surface area contributed by atoms with Crippen LogP contribution in [-0.2, 0) is 25.4 Å². The number of benzene rings is 2. The first kappa shape index (κ1) is 25.1. The summed E-state index contributed by atoms with van der Waals surface area (Å²) in [7, 11) is 3.15. The van der Waals surface area contributed by atoms with Gasteiger partial charge in [-0.1, -0.05) is 60.7 Å². The Hall–Kier alpha value is -3.53. The highest BCUT2D eigenvalue weighted by Gasteiger charge is 2.20. The first-order valence-electron chi connectivity index (χ1n) is 12.8.